The topological polar surface area (TPSA) is 226 Å². The lowest BCUT2D eigenvalue weighted by molar-refractivity contribution is -0.150. The molecular weight excluding hydrogens is 827 g/mol. The third-order valence-electron chi connectivity index (χ3n) is 11.9. The summed E-state index contributed by atoms with van der Waals surface area (Å²) in [5.41, 5.74) is 3.67. The highest BCUT2D eigenvalue weighted by molar-refractivity contribution is 5.89. The van der Waals surface area contributed by atoms with Gasteiger partial charge in [0, 0.05) is 48.0 Å². The van der Waals surface area contributed by atoms with E-state index in [1.54, 1.807) is 29.7 Å². The number of piperazine rings is 1. The number of aliphatic carboxylic acids is 1. The van der Waals surface area contributed by atoms with Crippen molar-refractivity contribution in [3.05, 3.63) is 56.9 Å². The third kappa shape index (κ3) is 14.4. The first-order chi connectivity index (χ1) is 30.1. The van der Waals surface area contributed by atoms with Crippen LogP contribution in [0.4, 0.5) is 4.79 Å². The summed E-state index contributed by atoms with van der Waals surface area (Å²) in [6, 6.07) is 7.08. The second kappa shape index (κ2) is 24.4. The highest BCUT2D eigenvalue weighted by atomic mass is 16.7. The summed E-state index contributed by atoms with van der Waals surface area (Å²) in [7, 11) is 4.11. The van der Waals surface area contributed by atoms with E-state index >= 15 is 0 Å². The lowest BCUT2D eigenvalue weighted by Crippen LogP contribution is -2.51. The van der Waals surface area contributed by atoms with Crippen molar-refractivity contribution in [2.24, 2.45) is 16.2 Å². The number of likely N-dealkylation sites (tertiary alicyclic amines) is 1. The van der Waals surface area contributed by atoms with Crippen LogP contribution in [0, 0.1) is 23.2 Å². The fourth-order valence-corrected chi connectivity index (χ4v) is 7.46. The maximum absolute atomic E-state index is 13.0. The Labute approximate surface area is 376 Å². The van der Waals surface area contributed by atoms with Crippen molar-refractivity contribution in [1.29, 1.82) is 0 Å². The number of amides is 1. The predicted octanol–water partition coefficient (Wildman–Crippen LogP) is 6.35. The molecule has 1 aromatic carbocycles. The van der Waals surface area contributed by atoms with Gasteiger partial charge in [-0.15, -0.1) is 0 Å². The van der Waals surface area contributed by atoms with Gasteiger partial charge in [0.15, 0.2) is 0 Å². The van der Waals surface area contributed by atoms with E-state index in [-0.39, 0.29) is 35.4 Å². The average molecular weight is 896 g/mol. The van der Waals surface area contributed by atoms with Gasteiger partial charge in [0.25, 0.3) is 18.5 Å². The highest BCUT2D eigenvalue weighted by Gasteiger charge is 2.36. The van der Waals surface area contributed by atoms with Crippen LogP contribution in [0.25, 0.3) is 22.3 Å². The predicted molar refractivity (Wildman–Crippen MR) is 244 cm³/mol. The lowest BCUT2D eigenvalue weighted by Gasteiger charge is -2.38. The molecule has 2 saturated heterocycles. The van der Waals surface area contributed by atoms with E-state index in [9.17, 15) is 28.8 Å². The molecule has 0 saturated carbocycles. The summed E-state index contributed by atoms with van der Waals surface area (Å²) >= 11 is 0. The van der Waals surface area contributed by atoms with Crippen molar-refractivity contribution in [2.45, 2.75) is 108 Å². The van der Waals surface area contributed by atoms with Gasteiger partial charge < -0.3 is 48.9 Å². The van der Waals surface area contributed by atoms with Crippen molar-refractivity contribution in [2.75, 3.05) is 53.4 Å². The SMILES string of the molecule is CC.CCc1c2c(nc3ccc(OC=O)cc13)-c1cc(C)c(COC(=O)O)c(=O)n1C2.CN1CCC(C)(C(=O)O)CC1.CN1CCN(C(=O)C(C)(C)CCC(C)(C)C=O)CC1.O=CO. The van der Waals surface area contributed by atoms with E-state index in [1.165, 1.54) is 0 Å². The summed E-state index contributed by atoms with van der Waals surface area (Å²) in [6.45, 7) is 23.0. The number of aryl methyl sites for hydroxylation is 2. The van der Waals surface area contributed by atoms with Gasteiger partial charge in [-0.05, 0) is 109 Å². The first-order valence-electron chi connectivity index (χ1n) is 21.7. The molecule has 2 aromatic heterocycles. The number of carbonyl (C=O) groups excluding carboxylic acids is 3. The van der Waals surface area contributed by atoms with Crippen LogP contribution in [0.15, 0.2) is 29.1 Å². The molecule has 0 aliphatic carbocycles. The Morgan fingerprint density at radius 1 is 0.891 bits per heavy atom. The minimum absolute atomic E-state index is 0.224. The van der Waals surface area contributed by atoms with Crippen molar-refractivity contribution in [3.8, 4) is 17.1 Å². The number of hydrogen-bond acceptors (Lipinski definition) is 12. The van der Waals surface area contributed by atoms with Crippen LogP contribution in [0.1, 0.15) is 103 Å². The van der Waals surface area contributed by atoms with E-state index in [1.807, 2.05) is 73.4 Å². The first-order valence-corrected chi connectivity index (χ1v) is 21.7. The van der Waals surface area contributed by atoms with E-state index < -0.39 is 17.5 Å². The Kier molecular flexibility index (Phi) is 20.8. The number of carboxylic acid groups (broad SMARTS) is 3. The number of nitrogens with zero attached hydrogens (tertiary/aromatic N) is 5. The summed E-state index contributed by atoms with van der Waals surface area (Å²) in [4.78, 5) is 88.2. The number of carboxylic acids is 1. The monoisotopic (exact) mass is 895 g/mol. The van der Waals surface area contributed by atoms with Gasteiger partial charge in [-0.3, -0.25) is 24.0 Å². The van der Waals surface area contributed by atoms with Crippen LogP contribution < -0.4 is 10.3 Å². The van der Waals surface area contributed by atoms with Crippen molar-refractivity contribution in [1.82, 2.24) is 24.3 Å². The molecule has 0 unspecified atom stereocenters. The van der Waals surface area contributed by atoms with Crippen LogP contribution in [0.3, 0.4) is 0 Å². The van der Waals surface area contributed by atoms with Crippen LogP contribution in [0.2, 0.25) is 0 Å². The number of fused-ring (bicyclic) bond motifs is 4. The largest absolute Gasteiger partial charge is 0.506 e. The maximum atomic E-state index is 13.0. The number of aldehydes is 1. The Balaban J connectivity index is 0.000000345. The third-order valence-corrected chi connectivity index (χ3v) is 11.9. The minimum Gasteiger partial charge on any atom is -0.483 e. The second-order valence-electron chi connectivity index (χ2n) is 17.7. The quantitative estimate of drug-likeness (QED) is 0.110. The van der Waals surface area contributed by atoms with E-state index in [0.29, 0.717) is 42.0 Å². The molecule has 2 fully saturated rings. The summed E-state index contributed by atoms with van der Waals surface area (Å²) in [5.74, 6) is 0.00785. The number of likely N-dealkylation sites (N-methyl/N-ethyl adjacent to an activating group) is 1. The van der Waals surface area contributed by atoms with Gasteiger partial charge in [0.2, 0.25) is 5.91 Å². The van der Waals surface area contributed by atoms with Gasteiger partial charge in [-0.25, -0.2) is 9.78 Å². The Bertz CT molecular complexity index is 2150. The normalized spacial score (nSPS) is 15.4. The van der Waals surface area contributed by atoms with Gasteiger partial charge in [-0.2, -0.15) is 0 Å². The number of carbonyl (C=O) groups is 6. The standard InChI is InChI=1S/C21H18N2O6.C15H28N2O2.C8H15NO2.C2H6.CH2O2/c1-3-13-14-7-12(29-10-24)4-5-17(14)22-19-15(13)8-23-18(19)6-11(2)16(20(23)25)9-28-21(26)27;1-14(2,12-18)6-7-15(3,4)13(19)17-10-8-16(5)9-11-17;1-8(7(10)11)3-5-9(2)6-4-8;1-2;2-1-3/h4-7,10H,3,8-9H2,1-2H3,(H,26,27);12H,6-11H2,1-5H3;3-6H2,1-2H3,(H,10,11);1-2H3;1H,(H,2,3). The molecule has 0 atom stereocenters. The van der Waals surface area contributed by atoms with Gasteiger partial charge in [-0.1, -0.05) is 48.5 Å². The highest BCUT2D eigenvalue weighted by Crippen LogP contribution is 2.37. The number of hydrogen-bond donors (Lipinski definition) is 3. The molecular formula is C47H69N5O12. The number of pyridine rings is 2. The lowest BCUT2D eigenvalue weighted by atomic mass is 9.79. The molecule has 6 rings (SSSR count). The van der Waals surface area contributed by atoms with E-state index in [2.05, 4.69) is 21.6 Å². The Hall–Kier alpha value is -5.68. The van der Waals surface area contributed by atoms with Crippen LogP contribution in [-0.2, 0) is 48.3 Å². The smallest absolute Gasteiger partial charge is 0.483 e. The molecule has 354 valence electrons. The number of ether oxygens (including phenoxy) is 2. The molecule has 1 amide bonds. The molecule has 17 heteroatoms. The van der Waals surface area contributed by atoms with Crippen LogP contribution in [-0.4, -0.2) is 130 Å². The minimum atomic E-state index is -1.42. The zero-order chi connectivity index (χ0) is 48.6. The van der Waals surface area contributed by atoms with Crippen molar-refractivity contribution in [3.63, 3.8) is 0 Å². The number of aromatic nitrogens is 2. The first kappa shape index (κ1) is 54.5. The molecule has 3 aliphatic heterocycles. The molecule has 0 spiro atoms. The molecule has 3 aliphatic rings. The average Bonchev–Trinajstić information content (AvgIpc) is 3.62. The summed E-state index contributed by atoms with van der Waals surface area (Å²) in [6.07, 6.45) is 3.34. The number of piperidine rings is 1. The van der Waals surface area contributed by atoms with Gasteiger partial charge in [0.1, 0.15) is 18.6 Å². The van der Waals surface area contributed by atoms with Gasteiger partial charge in [0.05, 0.1) is 34.4 Å². The molecule has 3 aromatic rings. The van der Waals surface area contributed by atoms with E-state index in [4.69, 9.17) is 29.8 Å². The van der Waals surface area contributed by atoms with Gasteiger partial charge >= 0.3 is 12.1 Å². The van der Waals surface area contributed by atoms with Crippen LogP contribution in [0.5, 0.6) is 5.75 Å². The van der Waals surface area contributed by atoms with Crippen molar-refractivity contribution < 1.29 is 53.6 Å². The molecule has 64 heavy (non-hydrogen) atoms. The zero-order valence-corrected chi connectivity index (χ0v) is 39.5. The number of rotatable bonds is 11. The number of benzene rings is 1. The fourth-order valence-electron chi connectivity index (χ4n) is 7.46. The second-order valence-corrected chi connectivity index (χ2v) is 17.7. The molecule has 17 nitrogen and oxygen atoms in total. The molecule has 0 bridgehead atoms. The van der Waals surface area contributed by atoms with E-state index in [0.717, 1.165) is 99.0 Å². The summed E-state index contributed by atoms with van der Waals surface area (Å²) < 4.78 is 11.2. The molecule has 5 heterocycles. The van der Waals surface area contributed by atoms with Crippen molar-refractivity contribution >= 4 is 48.2 Å². The Morgan fingerprint density at radius 2 is 1.47 bits per heavy atom. The Morgan fingerprint density at radius 3 is 1.98 bits per heavy atom. The summed E-state index contributed by atoms with van der Waals surface area (Å²) in [5, 5.41) is 25.4. The molecule has 0 radical (unpaired) electrons. The zero-order valence-electron chi connectivity index (χ0n) is 39.5. The maximum Gasteiger partial charge on any atom is 0.506 e. The molecule has 3 N–H and O–H groups in total. The fraction of sp³-hybridized carbons (Fsp3) is 0.574. The van der Waals surface area contributed by atoms with Crippen LogP contribution >= 0.6 is 0 Å².